The molecule has 0 aromatic rings. The van der Waals surface area contributed by atoms with Crippen LogP contribution in [0.5, 0.6) is 0 Å². The summed E-state index contributed by atoms with van der Waals surface area (Å²) in [5.74, 6) is 0. The third-order valence-corrected chi connectivity index (χ3v) is 4.32. The van der Waals surface area contributed by atoms with Crippen molar-refractivity contribution < 1.29 is 5.11 Å². The summed E-state index contributed by atoms with van der Waals surface area (Å²) in [4.78, 5) is 0. The zero-order valence-electron chi connectivity index (χ0n) is 10.2. The second-order valence-corrected chi connectivity index (χ2v) is 6.17. The summed E-state index contributed by atoms with van der Waals surface area (Å²) in [7, 11) is 0. The fraction of sp³-hybridized carbons (Fsp3) is 0.857. The molecule has 0 saturated heterocycles. The van der Waals surface area contributed by atoms with Crippen LogP contribution in [0, 0.1) is 5.41 Å². The highest BCUT2D eigenvalue weighted by Crippen LogP contribution is 2.45. The van der Waals surface area contributed by atoms with Crippen molar-refractivity contribution in [3.63, 3.8) is 0 Å². The Morgan fingerprint density at radius 2 is 1.73 bits per heavy atom. The van der Waals surface area contributed by atoms with Crippen molar-refractivity contribution in [3.05, 3.63) is 11.6 Å². The summed E-state index contributed by atoms with van der Waals surface area (Å²) in [5, 5.41) is 10.7. The van der Waals surface area contributed by atoms with Crippen LogP contribution in [-0.2, 0) is 0 Å². The molecule has 2 aliphatic carbocycles. The zero-order valence-corrected chi connectivity index (χ0v) is 10.2. The van der Waals surface area contributed by atoms with Gasteiger partial charge in [0, 0.05) is 0 Å². The molecule has 0 heterocycles. The average molecular weight is 208 g/mol. The van der Waals surface area contributed by atoms with E-state index in [2.05, 4.69) is 19.9 Å². The normalized spacial score (nSPS) is 29.7. The van der Waals surface area contributed by atoms with Gasteiger partial charge >= 0.3 is 0 Å². The van der Waals surface area contributed by atoms with Crippen molar-refractivity contribution in [1.82, 2.24) is 0 Å². The SMILES string of the molecule is CC1(C)CCC(O)(C2=CCCCC2)CC1. The lowest BCUT2D eigenvalue weighted by atomic mass is 9.67. The molecule has 15 heavy (non-hydrogen) atoms. The van der Waals surface area contributed by atoms with Gasteiger partial charge in [0.05, 0.1) is 5.60 Å². The van der Waals surface area contributed by atoms with Gasteiger partial charge in [0.1, 0.15) is 0 Å². The molecule has 0 atom stereocenters. The van der Waals surface area contributed by atoms with Gasteiger partial charge in [-0.1, -0.05) is 19.9 Å². The van der Waals surface area contributed by atoms with Gasteiger partial charge in [-0.05, 0) is 62.4 Å². The number of hydrogen-bond acceptors (Lipinski definition) is 1. The maximum atomic E-state index is 10.7. The number of allylic oxidation sites excluding steroid dienone is 1. The maximum absolute atomic E-state index is 10.7. The molecule has 0 radical (unpaired) electrons. The number of aliphatic hydroxyl groups is 1. The molecule has 0 amide bonds. The molecule has 0 bridgehead atoms. The van der Waals surface area contributed by atoms with Gasteiger partial charge in [-0.2, -0.15) is 0 Å². The van der Waals surface area contributed by atoms with Crippen LogP contribution in [0.4, 0.5) is 0 Å². The Labute approximate surface area is 93.6 Å². The number of hydrogen-bond donors (Lipinski definition) is 1. The highest BCUT2D eigenvalue weighted by Gasteiger charge is 2.39. The average Bonchev–Trinajstić information content (AvgIpc) is 2.24. The highest BCUT2D eigenvalue weighted by atomic mass is 16.3. The van der Waals surface area contributed by atoms with Crippen LogP contribution in [-0.4, -0.2) is 10.7 Å². The third-order valence-electron chi connectivity index (χ3n) is 4.32. The smallest absolute Gasteiger partial charge is 0.0857 e. The van der Waals surface area contributed by atoms with Crippen LogP contribution in [0.1, 0.15) is 65.2 Å². The van der Waals surface area contributed by atoms with Gasteiger partial charge in [-0.3, -0.25) is 0 Å². The van der Waals surface area contributed by atoms with Crippen LogP contribution in [0.25, 0.3) is 0 Å². The monoisotopic (exact) mass is 208 g/mol. The molecule has 0 aromatic carbocycles. The fourth-order valence-electron chi connectivity index (χ4n) is 2.92. The topological polar surface area (TPSA) is 20.2 Å². The van der Waals surface area contributed by atoms with Crippen LogP contribution < -0.4 is 0 Å². The summed E-state index contributed by atoms with van der Waals surface area (Å²) < 4.78 is 0. The lowest BCUT2D eigenvalue weighted by molar-refractivity contribution is 0.00146. The second kappa shape index (κ2) is 3.93. The molecule has 1 N–H and O–H groups in total. The molecule has 1 nitrogen and oxygen atoms in total. The predicted molar refractivity (Wildman–Crippen MR) is 63.7 cm³/mol. The van der Waals surface area contributed by atoms with Gasteiger partial charge in [0.15, 0.2) is 0 Å². The van der Waals surface area contributed by atoms with Crippen molar-refractivity contribution >= 4 is 0 Å². The first-order valence-electron chi connectivity index (χ1n) is 6.44. The lowest BCUT2D eigenvalue weighted by Gasteiger charge is -2.42. The molecule has 1 saturated carbocycles. The molecule has 0 aliphatic heterocycles. The molecular formula is C14H24O. The molecule has 0 unspecified atom stereocenters. The van der Waals surface area contributed by atoms with Crippen molar-refractivity contribution in [2.24, 2.45) is 5.41 Å². The Hall–Kier alpha value is -0.300. The predicted octanol–water partition coefficient (Wildman–Crippen LogP) is 3.82. The van der Waals surface area contributed by atoms with Gasteiger partial charge in [-0.25, -0.2) is 0 Å². The minimum atomic E-state index is -0.435. The van der Waals surface area contributed by atoms with E-state index in [1.54, 1.807) is 0 Å². The van der Waals surface area contributed by atoms with Crippen molar-refractivity contribution in [2.45, 2.75) is 70.8 Å². The summed E-state index contributed by atoms with van der Waals surface area (Å²) in [5.41, 5.74) is 1.36. The maximum Gasteiger partial charge on any atom is 0.0857 e. The van der Waals surface area contributed by atoms with E-state index in [1.807, 2.05) is 0 Å². The van der Waals surface area contributed by atoms with E-state index in [0.29, 0.717) is 5.41 Å². The standard InChI is InChI=1S/C14H24O/c1-13(2)8-10-14(15,11-9-13)12-6-4-3-5-7-12/h6,15H,3-5,7-11H2,1-2H3. The molecule has 2 aliphatic rings. The zero-order chi connectivity index (χ0) is 10.9. The summed E-state index contributed by atoms with van der Waals surface area (Å²) >= 11 is 0. The van der Waals surface area contributed by atoms with Crippen molar-refractivity contribution in [3.8, 4) is 0 Å². The van der Waals surface area contributed by atoms with Crippen LogP contribution >= 0.6 is 0 Å². The van der Waals surface area contributed by atoms with Crippen LogP contribution in [0.2, 0.25) is 0 Å². The Morgan fingerprint density at radius 3 is 2.27 bits per heavy atom. The largest absolute Gasteiger partial charge is 0.386 e. The van der Waals surface area contributed by atoms with E-state index in [0.717, 1.165) is 19.3 Å². The Morgan fingerprint density at radius 1 is 1.07 bits per heavy atom. The summed E-state index contributed by atoms with van der Waals surface area (Å²) in [6, 6.07) is 0. The Balaban J connectivity index is 2.05. The Bertz CT molecular complexity index is 253. The van der Waals surface area contributed by atoms with E-state index in [-0.39, 0.29) is 0 Å². The first kappa shape index (κ1) is 11.2. The van der Waals surface area contributed by atoms with Gasteiger partial charge in [-0.15, -0.1) is 0 Å². The molecular weight excluding hydrogens is 184 g/mol. The van der Waals surface area contributed by atoms with E-state index >= 15 is 0 Å². The van der Waals surface area contributed by atoms with Crippen molar-refractivity contribution in [2.75, 3.05) is 0 Å². The van der Waals surface area contributed by atoms with Crippen LogP contribution in [0.3, 0.4) is 0 Å². The minimum absolute atomic E-state index is 0.435. The number of rotatable bonds is 1. The van der Waals surface area contributed by atoms with Crippen molar-refractivity contribution in [1.29, 1.82) is 0 Å². The fourth-order valence-corrected chi connectivity index (χ4v) is 2.92. The minimum Gasteiger partial charge on any atom is -0.386 e. The molecule has 0 aromatic heterocycles. The molecule has 2 rings (SSSR count). The quantitative estimate of drug-likeness (QED) is 0.649. The third kappa shape index (κ3) is 2.44. The molecule has 86 valence electrons. The molecule has 0 spiro atoms. The highest BCUT2D eigenvalue weighted by molar-refractivity contribution is 5.20. The van der Waals surface area contributed by atoms with Crippen LogP contribution in [0.15, 0.2) is 11.6 Å². The van der Waals surface area contributed by atoms with E-state index in [9.17, 15) is 5.11 Å². The first-order valence-corrected chi connectivity index (χ1v) is 6.44. The van der Waals surface area contributed by atoms with Gasteiger partial charge in [0.2, 0.25) is 0 Å². The van der Waals surface area contributed by atoms with E-state index in [1.165, 1.54) is 37.7 Å². The second-order valence-electron chi connectivity index (χ2n) is 6.17. The first-order chi connectivity index (χ1) is 7.02. The van der Waals surface area contributed by atoms with Gasteiger partial charge in [0.25, 0.3) is 0 Å². The van der Waals surface area contributed by atoms with E-state index in [4.69, 9.17) is 0 Å². The van der Waals surface area contributed by atoms with Gasteiger partial charge < -0.3 is 5.11 Å². The molecule has 1 fully saturated rings. The summed E-state index contributed by atoms with van der Waals surface area (Å²) in [6.45, 7) is 4.64. The summed E-state index contributed by atoms with van der Waals surface area (Å²) in [6.07, 6.45) is 11.5. The molecule has 1 heteroatoms. The van der Waals surface area contributed by atoms with E-state index < -0.39 is 5.60 Å². The lowest BCUT2D eigenvalue weighted by Crippen LogP contribution is -2.39. The Kier molecular flexibility index (Phi) is 2.94.